The van der Waals surface area contributed by atoms with Gasteiger partial charge in [0.2, 0.25) is 0 Å². The Hall–Kier alpha value is -2.00. The van der Waals surface area contributed by atoms with Crippen LogP contribution in [0, 0.1) is 20.2 Å². The molecule has 0 spiro atoms. The molecule has 0 aliphatic rings. The lowest BCUT2D eigenvalue weighted by atomic mass is 10.3. The molecule has 0 fully saturated rings. The lowest BCUT2D eigenvalue weighted by molar-refractivity contribution is -0.385. The normalized spacial score (nSPS) is 11.9. The van der Waals surface area contributed by atoms with Crippen LogP contribution in [-0.4, -0.2) is 55.9 Å². The highest BCUT2D eigenvalue weighted by Crippen LogP contribution is 2.42. The second kappa shape index (κ2) is 11.2. The second-order valence-electron chi connectivity index (χ2n) is 7.67. The number of benzene rings is 2. The van der Waals surface area contributed by atoms with Gasteiger partial charge < -0.3 is 9.13 Å². The minimum Gasteiger partial charge on any atom is -0.323 e. The number of rotatable bonds is 8. The average Bonchev–Trinajstić information content (AvgIpc) is 2.65. The number of nitro groups is 2. The highest BCUT2D eigenvalue weighted by Gasteiger charge is 2.23. The van der Waals surface area contributed by atoms with Gasteiger partial charge in [-0.1, -0.05) is 0 Å². The summed E-state index contributed by atoms with van der Waals surface area (Å²) in [5.74, 6) is 0. The lowest BCUT2D eigenvalue weighted by Gasteiger charge is -2.07. The van der Waals surface area contributed by atoms with Crippen LogP contribution in [0.15, 0.2) is 58.3 Å². The summed E-state index contributed by atoms with van der Waals surface area (Å²) in [6, 6.07) is 10.8. The molecule has 0 aromatic heterocycles. The van der Waals surface area contributed by atoms with E-state index in [1.165, 1.54) is 37.2 Å². The molecule has 2 aromatic carbocycles. The Kier molecular flexibility index (Phi) is 9.84. The van der Waals surface area contributed by atoms with E-state index in [9.17, 15) is 37.8 Å². The van der Waals surface area contributed by atoms with Gasteiger partial charge in [0.05, 0.1) is 34.5 Å². The molecule has 0 aliphatic heterocycles. The molecule has 0 unspecified atom stereocenters. The van der Waals surface area contributed by atoms with Gasteiger partial charge in [-0.05, 0) is 50.9 Å². The molecule has 0 saturated carbocycles. The van der Waals surface area contributed by atoms with Crippen molar-refractivity contribution in [1.82, 2.24) is 0 Å². The van der Waals surface area contributed by atoms with Crippen molar-refractivity contribution in [2.24, 2.45) is 0 Å². The minimum atomic E-state index is -3.65. The van der Waals surface area contributed by atoms with Gasteiger partial charge in [0, 0.05) is 29.2 Å². The summed E-state index contributed by atoms with van der Waals surface area (Å²) < 4.78 is 46.5. The van der Waals surface area contributed by atoms with Crippen LogP contribution in [0.1, 0.15) is 0 Å². The van der Waals surface area contributed by atoms with Crippen molar-refractivity contribution in [2.75, 3.05) is 37.6 Å². The third kappa shape index (κ3) is 10.5. The first-order valence-electron chi connectivity index (χ1n) is 8.93. The minimum absolute atomic E-state index is 0.0491. The maximum Gasteiger partial charge on any atom is 0.269 e. The predicted molar refractivity (Wildman–Crippen MR) is 128 cm³/mol. The van der Waals surface area contributed by atoms with E-state index in [2.05, 4.69) is 0 Å². The van der Waals surface area contributed by atoms with E-state index in [-0.39, 0.29) is 16.3 Å². The number of hydrogen-bond acceptors (Lipinski definition) is 9. The summed E-state index contributed by atoms with van der Waals surface area (Å²) in [6.45, 7) is 6.22. The molecule has 2 rings (SSSR count). The predicted octanol–water partition coefficient (Wildman–Crippen LogP) is 5.22. The molecule has 176 valence electrons. The van der Waals surface area contributed by atoms with Gasteiger partial charge in [-0.25, -0.2) is 8.42 Å². The van der Waals surface area contributed by atoms with Crippen LogP contribution in [0.25, 0.3) is 0 Å². The fourth-order valence-electron chi connectivity index (χ4n) is 2.15. The smallest absolute Gasteiger partial charge is 0.269 e. The highest BCUT2D eigenvalue weighted by molar-refractivity contribution is 8.05. The van der Waals surface area contributed by atoms with Gasteiger partial charge >= 0.3 is 0 Å². The van der Waals surface area contributed by atoms with Crippen LogP contribution in [0.5, 0.6) is 0 Å². The van der Waals surface area contributed by atoms with E-state index < -0.39 is 39.5 Å². The Bertz CT molecular complexity index is 1150. The summed E-state index contributed by atoms with van der Waals surface area (Å²) in [5, 5.41) is 20.8. The Labute approximate surface area is 190 Å². The summed E-state index contributed by atoms with van der Waals surface area (Å²) >= 11 is 1.46. The van der Waals surface area contributed by atoms with Crippen molar-refractivity contribution in [3.63, 3.8) is 0 Å². The first kappa shape index (κ1) is 28.0. The van der Waals surface area contributed by atoms with Crippen LogP contribution in [0.2, 0.25) is 0 Å². The molecule has 10 nitrogen and oxygen atoms in total. The molecule has 0 saturated heterocycles. The fourth-order valence-corrected chi connectivity index (χ4v) is 8.74. The van der Waals surface area contributed by atoms with E-state index >= 15 is 0 Å². The van der Waals surface area contributed by atoms with E-state index in [1.54, 1.807) is 25.5 Å². The number of hydrogen-bond donors (Lipinski definition) is 0. The maximum absolute atomic E-state index is 11.8. The molecule has 0 bridgehead atoms. The molecule has 0 radical (unpaired) electrons. The average molecular weight is 522 g/mol. The zero-order chi connectivity index (χ0) is 24.7. The largest absolute Gasteiger partial charge is 0.323 e. The maximum atomic E-state index is 11.8. The zero-order valence-electron chi connectivity index (χ0n) is 17.9. The van der Waals surface area contributed by atoms with Crippen LogP contribution < -0.4 is 0 Å². The van der Waals surface area contributed by atoms with Gasteiger partial charge in [-0.15, -0.1) is 11.8 Å². The van der Waals surface area contributed by atoms with Gasteiger partial charge in [0.25, 0.3) is 11.4 Å². The molecule has 0 aliphatic carbocycles. The van der Waals surface area contributed by atoms with Gasteiger partial charge in [0.1, 0.15) is 5.49 Å². The Morgan fingerprint density at radius 3 is 1.53 bits per heavy atom. The first-order valence-corrected chi connectivity index (χ1v) is 17.1. The number of non-ortho nitro benzene ring substituents is 2. The van der Waals surface area contributed by atoms with E-state index in [4.69, 9.17) is 0 Å². The lowest BCUT2D eigenvalue weighted by Crippen LogP contribution is -2.06. The summed E-state index contributed by atoms with van der Waals surface area (Å²) in [7, 11) is -8.38. The molecule has 0 amide bonds. The SMILES string of the molecule is CP(C)(=O)CS(=O)(=O)c1ccc([N+](=O)[O-])cc1.CP(C)(=O)CSc1ccc([N+](=O)[O-])cc1. The molecular formula is C18H24N2O8P2S2. The summed E-state index contributed by atoms with van der Waals surface area (Å²) in [5.41, 5.74) is 0.0264. The second-order valence-corrected chi connectivity index (χ2v) is 18.5. The van der Waals surface area contributed by atoms with Crippen molar-refractivity contribution in [1.29, 1.82) is 0 Å². The topological polar surface area (TPSA) is 155 Å². The van der Waals surface area contributed by atoms with E-state index in [1.807, 2.05) is 0 Å². The van der Waals surface area contributed by atoms with Crippen molar-refractivity contribution >= 4 is 47.3 Å². The van der Waals surface area contributed by atoms with Crippen LogP contribution in [0.3, 0.4) is 0 Å². The fraction of sp³-hybridized carbons (Fsp3) is 0.333. The van der Waals surface area contributed by atoms with E-state index in [0.717, 1.165) is 29.2 Å². The third-order valence-electron chi connectivity index (χ3n) is 3.48. The van der Waals surface area contributed by atoms with Crippen molar-refractivity contribution in [3.8, 4) is 0 Å². The number of nitro benzene ring substituents is 2. The van der Waals surface area contributed by atoms with Crippen molar-refractivity contribution < 1.29 is 27.4 Å². The van der Waals surface area contributed by atoms with Gasteiger partial charge in [-0.2, -0.15) is 0 Å². The van der Waals surface area contributed by atoms with Crippen LogP contribution in [0.4, 0.5) is 11.4 Å². The first-order chi connectivity index (χ1) is 14.5. The molecule has 0 N–H and O–H groups in total. The van der Waals surface area contributed by atoms with Gasteiger partial charge in [-0.3, -0.25) is 20.2 Å². The van der Waals surface area contributed by atoms with Crippen LogP contribution >= 0.6 is 26.0 Å². The third-order valence-corrected chi connectivity index (χ3v) is 11.9. The summed E-state index contributed by atoms with van der Waals surface area (Å²) in [6.07, 6.45) is 0. The zero-order valence-corrected chi connectivity index (χ0v) is 21.3. The molecule has 14 heteroatoms. The Balaban J connectivity index is 0.000000323. The monoisotopic (exact) mass is 522 g/mol. The molecule has 0 atom stereocenters. The molecular weight excluding hydrogens is 498 g/mol. The van der Waals surface area contributed by atoms with Gasteiger partial charge in [0.15, 0.2) is 9.84 Å². The van der Waals surface area contributed by atoms with E-state index in [0.29, 0.717) is 5.49 Å². The number of sulfone groups is 1. The van der Waals surface area contributed by atoms with Crippen LogP contribution in [-0.2, 0) is 19.0 Å². The summed E-state index contributed by atoms with van der Waals surface area (Å²) in [4.78, 5) is 20.6. The molecule has 2 aromatic rings. The van der Waals surface area contributed by atoms with Crippen molar-refractivity contribution in [2.45, 2.75) is 9.79 Å². The number of nitrogens with zero attached hydrogens (tertiary/aromatic N) is 2. The Morgan fingerprint density at radius 2 is 1.19 bits per heavy atom. The van der Waals surface area contributed by atoms with Crippen molar-refractivity contribution in [3.05, 3.63) is 68.8 Å². The Morgan fingerprint density at radius 1 is 0.781 bits per heavy atom. The highest BCUT2D eigenvalue weighted by atomic mass is 32.2. The molecule has 32 heavy (non-hydrogen) atoms. The number of thioether (sulfide) groups is 1. The quantitative estimate of drug-likeness (QED) is 0.196. The standard InChI is InChI=1S/C9H12NO5PS.C9H12NO3PS/c1-16(2,13)7-17(14,15)9-5-3-8(4-6-9)10(11)12;1-14(2,13)7-15-9-5-3-8(4-6-9)10(11)12/h3-6H,7H2,1-2H3;3-6H,7H2,1-2H3. The molecule has 0 heterocycles.